The van der Waals surface area contributed by atoms with E-state index in [0.717, 1.165) is 25.9 Å². The molecule has 1 aromatic carbocycles. The second-order valence-corrected chi connectivity index (χ2v) is 9.14. The van der Waals surface area contributed by atoms with Gasteiger partial charge in [-0.2, -0.15) is 17.0 Å². The molecule has 4 rings (SSSR count). The second-order valence-electron chi connectivity index (χ2n) is 7.00. The van der Waals surface area contributed by atoms with E-state index in [-0.39, 0.29) is 11.9 Å². The number of halogens is 1. The lowest BCUT2D eigenvalue weighted by atomic mass is 9.95. The first-order valence-electron chi connectivity index (χ1n) is 8.66. The van der Waals surface area contributed by atoms with Crippen molar-refractivity contribution < 1.29 is 17.5 Å². The van der Waals surface area contributed by atoms with Gasteiger partial charge in [0.15, 0.2) is 0 Å². The average Bonchev–Trinajstić information content (AvgIpc) is 2.89. The van der Waals surface area contributed by atoms with Gasteiger partial charge in [0.05, 0.1) is 0 Å². The molecule has 0 N–H and O–H groups in total. The summed E-state index contributed by atoms with van der Waals surface area (Å²) < 4.78 is 46.5. The molecular formula is C17H26FN3O3S. The predicted octanol–water partition coefficient (Wildman–Crippen LogP) is 1.41. The van der Waals surface area contributed by atoms with Crippen LogP contribution < -0.4 is 4.74 Å². The van der Waals surface area contributed by atoms with E-state index < -0.39 is 10.2 Å². The quantitative estimate of drug-likeness (QED) is 0.759. The minimum Gasteiger partial charge on any atom is -0.492 e. The molecule has 25 heavy (non-hydrogen) atoms. The van der Waals surface area contributed by atoms with Crippen LogP contribution in [0.5, 0.6) is 5.75 Å². The van der Waals surface area contributed by atoms with Crippen LogP contribution in [0.4, 0.5) is 4.39 Å². The highest BCUT2D eigenvalue weighted by Crippen LogP contribution is 2.29. The lowest BCUT2D eigenvalue weighted by molar-refractivity contribution is 0.111. The number of nitrogens with zero attached hydrogens (tertiary/aromatic N) is 3. The van der Waals surface area contributed by atoms with E-state index in [2.05, 4.69) is 4.90 Å². The Hall–Kier alpha value is -1.22. The fourth-order valence-corrected chi connectivity index (χ4v) is 4.86. The van der Waals surface area contributed by atoms with Gasteiger partial charge in [-0.3, -0.25) is 4.90 Å². The van der Waals surface area contributed by atoms with Gasteiger partial charge >= 0.3 is 0 Å². The molecule has 3 fully saturated rings. The minimum absolute atomic E-state index is 0.227. The molecular weight excluding hydrogens is 345 g/mol. The lowest BCUT2D eigenvalue weighted by Crippen LogP contribution is -2.47. The number of fused-ring (bicyclic) bond motifs is 4. The van der Waals surface area contributed by atoms with E-state index in [9.17, 15) is 12.8 Å². The maximum absolute atomic E-state index is 12.9. The van der Waals surface area contributed by atoms with Crippen LogP contribution in [-0.2, 0) is 10.2 Å². The summed E-state index contributed by atoms with van der Waals surface area (Å²) in [5, 5.41) is 0. The SMILES string of the molecule is CN(C)S(=O)(=O)N1C[C@@H]2CC[C@H](C1)N(CCOc1ccc(F)cc1)C2. The van der Waals surface area contributed by atoms with Gasteiger partial charge in [0.1, 0.15) is 18.2 Å². The number of rotatable bonds is 6. The lowest BCUT2D eigenvalue weighted by Gasteiger charge is -2.35. The molecule has 6 nitrogen and oxygen atoms in total. The van der Waals surface area contributed by atoms with Crippen molar-refractivity contribution in [2.75, 3.05) is 46.9 Å². The zero-order valence-corrected chi connectivity index (χ0v) is 15.6. The van der Waals surface area contributed by atoms with Gasteiger partial charge in [-0.1, -0.05) is 0 Å². The highest BCUT2D eigenvalue weighted by atomic mass is 32.2. The van der Waals surface area contributed by atoms with Gasteiger partial charge in [-0.25, -0.2) is 4.39 Å². The van der Waals surface area contributed by atoms with Crippen molar-refractivity contribution in [3.63, 3.8) is 0 Å². The normalized spacial score (nSPS) is 25.3. The third kappa shape index (κ3) is 4.31. The van der Waals surface area contributed by atoms with Gasteiger partial charge in [0, 0.05) is 46.3 Å². The number of hydrogen-bond donors (Lipinski definition) is 0. The topological polar surface area (TPSA) is 53.1 Å². The van der Waals surface area contributed by atoms with Crippen molar-refractivity contribution in [2.24, 2.45) is 5.92 Å². The van der Waals surface area contributed by atoms with E-state index in [1.807, 2.05) is 0 Å². The van der Waals surface area contributed by atoms with Crippen molar-refractivity contribution in [3.05, 3.63) is 30.1 Å². The Labute approximate surface area is 149 Å². The first kappa shape index (κ1) is 18.6. The van der Waals surface area contributed by atoms with Gasteiger partial charge in [-0.15, -0.1) is 0 Å². The molecule has 0 aliphatic carbocycles. The fraction of sp³-hybridized carbons (Fsp3) is 0.647. The van der Waals surface area contributed by atoms with E-state index in [0.29, 0.717) is 31.4 Å². The van der Waals surface area contributed by atoms with Crippen LogP contribution in [0.1, 0.15) is 12.8 Å². The highest BCUT2D eigenvalue weighted by molar-refractivity contribution is 7.86. The highest BCUT2D eigenvalue weighted by Gasteiger charge is 2.39. The summed E-state index contributed by atoms with van der Waals surface area (Å²) in [6.07, 6.45) is 2.08. The van der Waals surface area contributed by atoms with E-state index in [1.165, 1.54) is 16.4 Å². The van der Waals surface area contributed by atoms with Crippen LogP contribution in [-0.4, -0.2) is 74.9 Å². The molecule has 2 bridgehead atoms. The van der Waals surface area contributed by atoms with Crippen LogP contribution in [0.2, 0.25) is 0 Å². The number of benzene rings is 1. The first-order valence-corrected chi connectivity index (χ1v) is 10.1. The molecule has 0 unspecified atom stereocenters. The average molecular weight is 371 g/mol. The fourth-order valence-electron chi connectivity index (χ4n) is 3.64. The molecule has 1 aromatic rings. The molecule has 140 valence electrons. The summed E-state index contributed by atoms with van der Waals surface area (Å²) in [6, 6.07) is 6.23. The summed E-state index contributed by atoms with van der Waals surface area (Å²) in [6.45, 7) is 3.28. The second kappa shape index (κ2) is 7.57. The third-order valence-corrected chi connectivity index (χ3v) is 6.92. The smallest absolute Gasteiger partial charge is 0.281 e. The van der Waals surface area contributed by atoms with Gasteiger partial charge < -0.3 is 4.74 Å². The maximum Gasteiger partial charge on any atom is 0.281 e. The van der Waals surface area contributed by atoms with Gasteiger partial charge in [0.2, 0.25) is 0 Å². The van der Waals surface area contributed by atoms with Crippen LogP contribution in [0, 0.1) is 11.7 Å². The van der Waals surface area contributed by atoms with E-state index >= 15 is 0 Å². The third-order valence-electron chi connectivity index (χ3n) is 5.04. The molecule has 0 aromatic heterocycles. The molecule has 2 atom stereocenters. The summed E-state index contributed by atoms with van der Waals surface area (Å²) in [5.74, 6) is 0.733. The summed E-state index contributed by atoms with van der Waals surface area (Å²) in [7, 11) is -0.207. The molecule has 3 aliphatic heterocycles. The van der Waals surface area contributed by atoms with E-state index in [1.54, 1.807) is 30.5 Å². The Morgan fingerprint density at radius 1 is 1.16 bits per heavy atom. The Kier molecular flexibility index (Phi) is 5.62. The van der Waals surface area contributed by atoms with Crippen molar-refractivity contribution in [3.8, 4) is 5.75 Å². The van der Waals surface area contributed by atoms with Crippen molar-refractivity contribution in [2.45, 2.75) is 18.9 Å². The first-order chi connectivity index (χ1) is 11.9. The standard InChI is InChI=1S/C17H26FN3O3S/c1-19(2)25(22,23)21-12-14-3-6-16(13-21)20(11-14)9-10-24-17-7-4-15(18)5-8-17/h4-5,7-8,14,16H,3,6,9-13H2,1-2H3/t14-,16-/m1/s1. The number of ether oxygens (including phenoxy) is 1. The Morgan fingerprint density at radius 2 is 1.88 bits per heavy atom. The molecule has 0 amide bonds. The Morgan fingerprint density at radius 3 is 2.56 bits per heavy atom. The largest absolute Gasteiger partial charge is 0.492 e. The van der Waals surface area contributed by atoms with Crippen molar-refractivity contribution in [1.29, 1.82) is 0 Å². The zero-order valence-electron chi connectivity index (χ0n) is 14.8. The van der Waals surface area contributed by atoms with Crippen LogP contribution in [0.3, 0.4) is 0 Å². The van der Waals surface area contributed by atoms with Gasteiger partial charge in [-0.05, 0) is 43.0 Å². The Bertz CT molecular complexity index is 681. The van der Waals surface area contributed by atoms with Crippen LogP contribution >= 0.6 is 0 Å². The molecule has 3 heterocycles. The molecule has 3 saturated heterocycles. The van der Waals surface area contributed by atoms with Crippen LogP contribution in [0.25, 0.3) is 0 Å². The molecule has 3 aliphatic rings. The minimum atomic E-state index is -3.37. The Balaban J connectivity index is 1.58. The summed E-state index contributed by atoms with van der Waals surface area (Å²) in [4.78, 5) is 2.34. The zero-order chi connectivity index (χ0) is 18.0. The maximum atomic E-state index is 12.9. The monoisotopic (exact) mass is 371 g/mol. The van der Waals surface area contributed by atoms with Crippen molar-refractivity contribution in [1.82, 2.24) is 13.5 Å². The number of hydrogen-bond acceptors (Lipinski definition) is 4. The van der Waals surface area contributed by atoms with Gasteiger partial charge in [0.25, 0.3) is 10.2 Å². The van der Waals surface area contributed by atoms with E-state index in [4.69, 9.17) is 4.74 Å². The number of piperidine rings is 1. The summed E-state index contributed by atoms with van der Waals surface area (Å²) >= 11 is 0. The van der Waals surface area contributed by atoms with Crippen molar-refractivity contribution >= 4 is 10.2 Å². The summed E-state index contributed by atoms with van der Waals surface area (Å²) in [5.41, 5.74) is 0. The molecule has 8 heteroatoms. The van der Waals surface area contributed by atoms with Crippen LogP contribution in [0.15, 0.2) is 24.3 Å². The predicted molar refractivity (Wildman–Crippen MR) is 94.2 cm³/mol. The molecule has 0 saturated carbocycles. The molecule has 0 radical (unpaired) electrons. The molecule has 0 spiro atoms.